The van der Waals surface area contributed by atoms with Gasteiger partial charge in [-0.2, -0.15) is 5.10 Å². The second-order valence-corrected chi connectivity index (χ2v) is 4.86. The first-order valence-electron chi connectivity index (χ1n) is 6.72. The molecule has 0 aliphatic rings. The van der Waals surface area contributed by atoms with E-state index >= 15 is 0 Å². The second-order valence-electron chi connectivity index (χ2n) is 4.86. The van der Waals surface area contributed by atoms with Crippen LogP contribution in [0.5, 0.6) is 0 Å². The van der Waals surface area contributed by atoms with E-state index in [0.717, 1.165) is 24.4 Å². The number of aromatic nitrogens is 5. The maximum absolute atomic E-state index is 12.1. The van der Waals surface area contributed by atoms with Crippen LogP contribution < -0.4 is 5.32 Å². The van der Waals surface area contributed by atoms with E-state index in [1.54, 1.807) is 21.8 Å². The van der Waals surface area contributed by atoms with Crippen molar-refractivity contribution < 1.29 is 4.79 Å². The van der Waals surface area contributed by atoms with Crippen molar-refractivity contribution in [3.63, 3.8) is 0 Å². The first kappa shape index (κ1) is 14.2. The zero-order valence-electron chi connectivity index (χ0n) is 12.1. The molecular formula is C13H20N6O. The summed E-state index contributed by atoms with van der Waals surface area (Å²) in [5.41, 5.74) is 1.92. The number of rotatable bonds is 6. The number of aryl methyl sites for hydroxylation is 3. The summed E-state index contributed by atoms with van der Waals surface area (Å²) in [6, 6.07) is 1.67. The molecule has 0 unspecified atom stereocenters. The summed E-state index contributed by atoms with van der Waals surface area (Å²) in [6.45, 7) is 7.09. The average molecular weight is 276 g/mol. The highest BCUT2D eigenvalue weighted by molar-refractivity contribution is 5.79. The second kappa shape index (κ2) is 6.31. The molecule has 2 heterocycles. The van der Waals surface area contributed by atoms with Crippen LogP contribution in [0.25, 0.3) is 0 Å². The van der Waals surface area contributed by atoms with Crippen molar-refractivity contribution in [2.24, 2.45) is 0 Å². The van der Waals surface area contributed by atoms with E-state index in [2.05, 4.69) is 20.7 Å². The van der Waals surface area contributed by atoms with Gasteiger partial charge < -0.3 is 5.32 Å². The van der Waals surface area contributed by atoms with Crippen LogP contribution in [0.2, 0.25) is 0 Å². The van der Waals surface area contributed by atoms with Crippen molar-refractivity contribution in [2.45, 2.75) is 39.8 Å². The molecule has 0 aliphatic carbocycles. The lowest BCUT2D eigenvalue weighted by Crippen LogP contribution is -2.33. The number of carbonyl (C=O) groups excluding carboxylic acids is 1. The molecule has 2 rings (SSSR count). The minimum Gasteiger partial charge on any atom is -0.354 e. The van der Waals surface area contributed by atoms with Crippen LogP contribution in [-0.4, -0.2) is 37.2 Å². The van der Waals surface area contributed by atoms with Crippen molar-refractivity contribution in [2.75, 3.05) is 6.54 Å². The van der Waals surface area contributed by atoms with Crippen LogP contribution in [0.3, 0.4) is 0 Å². The Bertz CT molecular complexity index is 559. The van der Waals surface area contributed by atoms with Crippen molar-refractivity contribution in [3.8, 4) is 0 Å². The van der Waals surface area contributed by atoms with E-state index in [9.17, 15) is 4.79 Å². The Morgan fingerprint density at radius 2 is 2.25 bits per heavy atom. The molecule has 20 heavy (non-hydrogen) atoms. The molecule has 0 fully saturated rings. The summed E-state index contributed by atoms with van der Waals surface area (Å²) in [5, 5.41) is 14.9. The zero-order chi connectivity index (χ0) is 14.5. The molecule has 0 saturated heterocycles. The molecule has 0 saturated carbocycles. The molecule has 0 aliphatic heterocycles. The summed E-state index contributed by atoms with van der Waals surface area (Å²) in [7, 11) is 0. The number of nitrogens with zero attached hydrogens (tertiary/aromatic N) is 5. The molecule has 0 spiro atoms. The standard InChI is InChI=1S/C13H20N6O/c1-10-9-11(2)19(16-10)12(3)13(20)14-5-4-7-18-8-6-15-17-18/h6,8-9,12H,4-5,7H2,1-3H3,(H,14,20)/t12-/m0/s1. The molecule has 1 atom stereocenters. The molecular weight excluding hydrogens is 256 g/mol. The van der Waals surface area contributed by atoms with Crippen LogP contribution in [0.4, 0.5) is 0 Å². The molecule has 2 aromatic heterocycles. The molecule has 0 aromatic carbocycles. The fraction of sp³-hybridized carbons (Fsp3) is 0.538. The van der Waals surface area contributed by atoms with Crippen LogP contribution in [0.1, 0.15) is 30.8 Å². The monoisotopic (exact) mass is 276 g/mol. The largest absolute Gasteiger partial charge is 0.354 e. The van der Waals surface area contributed by atoms with E-state index < -0.39 is 0 Å². The van der Waals surface area contributed by atoms with Crippen molar-refractivity contribution in [3.05, 3.63) is 29.8 Å². The fourth-order valence-corrected chi connectivity index (χ4v) is 2.10. The Balaban J connectivity index is 1.78. The average Bonchev–Trinajstić information content (AvgIpc) is 3.03. The third kappa shape index (κ3) is 3.43. The van der Waals surface area contributed by atoms with Crippen LogP contribution in [-0.2, 0) is 11.3 Å². The van der Waals surface area contributed by atoms with Crippen molar-refractivity contribution >= 4 is 5.91 Å². The highest BCUT2D eigenvalue weighted by Crippen LogP contribution is 2.10. The number of amides is 1. The molecule has 7 heteroatoms. The lowest BCUT2D eigenvalue weighted by Gasteiger charge is -2.14. The minimum atomic E-state index is -0.296. The molecule has 0 radical (unpaired) electrons. The van der Waals surface area contributed by atoms with E-state index in [0.29, 0.717) is 6.54 Å². The molecule has 1 amide bonds. The van der Waals surface area contributed by atoms with E-state index in [4.69, 9.17) is 0 Å². The Kier molecular flexibility index (Phi) is 4.49. The van der Waals surface area contributed by atoms with Gasteiger partial charge in [0.15, 0.2) is 0 Å². The Morgan fingerprint density at radius 3 is 2.85 bits per heavy atom. The molecule has 1 N–H and O–H groups in total. The van der Waals surface area contributed by atoms with Gasteiger partial charge in [0.25, 0.3) is 0 Å². The van der Waals surface area contributed by atoms with Gasteiger partial charge in [-0.15, -0.1) is 5.10 Å². The third-order valence-corrected chi connectivity index (χ3v) is 3.13. The maximum atomic E-state index is 12.1. The molecule has 108 valence electrons. The van der Waals surface area contributed by atoms with Gasteiger partial charge in [0.05, 0.1) is 11.9 Å². The number of carbonyl (C=O) groups is 1. The zero-order valence-corrected chi connectivity index (χ0v) is 12.1. The van der Waals surface area contributed by atoms with E-state index in [1.165, 1.54) is 0 Å². The van der Waals surface area contributed by atoms with E-state index in [-0.39, 0.29) is 11.9 Å². The Hall–Kier alpha value is -2.18. The summed E-state index contributed by atoms with van der Waals surface area (Å²) in [6.07, 6.45) is 4.27. The van der Waals surface area contributed by atoms with Gasteiger partial charge in [-0.3, -0.25) is 14.2 Å². The predicted octanol–water partition coefficient (Wildman–Crippen LogP) is 0.859. The van der Waals surface area contributed by atoms with Gasteiger partial charge in [0.1, 0.15) is 6.04 Å². The quantitative estimate of drug-likeness (QED) is 0.794. The Labute approximate surface area is 118 Å². The highest BCUT2D eigenvalue weighted by Gasteiger charge is 2.17. The Morgan fingerprint density at radius 1 is 1.45 bits per heavy atom. The van der Waals surface area contributed by atoms with Gasteiger partial charge in [-0.1, -0.05) is 5.21 Å². The van der Waals surface area contributed by atoms with Crippen molar-refractivity contribution in [1.29, 1.82) is 0 Å². The topological polar surface area (TPSA) is 77.6 Å². The van der Waals surface area contributed by atoms with Gasteiger partial charge in [0, 0.05) is 25.0 Å². The SMILES string of the molecule is Cc1cc(C)n([C@@H](C)C(=O)NCCCn2ccnn2)n1. The summed E-state index contributed by atoms with van der Waals surface area (Å²) < 4.78 is 3.50. The predicted molar refractivity (Wildman–Crippen MR) is 74.1 cm³/mol. The number of hydrogen-bond donors (Lipinski definition) is 1. The molecule has 7 nitrogen and oxygen atoms in total. The summed E-state index contributed by atoms with van der Waals surface area (Å²) >= 11 is 0. The normalized spacial score (nSPS) is 12.3. The smallest absolute Gasteiger partial charge is 0.244 e. The first-order valence-corrected chi connectivity index (χ1v) is 6.72. The number of nitrogens with one attached hydrogen (secondary N) is 1. The highest BCUT2D eigenvalue weighted by atomic mass is 16.2. The first-order chi connectivity index (χ1) is 9.58. The lowest BCUT2D eigenvalue weighted by atomic mass is 10.3. The molecule has 0 bridgehead atoms. The van der Waals surface area contributed by atoms with E-state index in [1.807, 2.05) is 26.8 Å². The van der Waals surface area contributed by atoms with Gasteiger partial charge in [-0.05, 0) is 33.3 Å². The lowest BCUT2D eigenvalue weighted by molar-refractivity contribution is -0.124. The van der Waals surface area contributed by atoms with Gasteiger partial charge >= 0.3 is 0 Å². The molecule has 2 aromatic rings. The fourth-order valence-electron chi connectivity index (χ4n) is 2.10. The van der Waals surface area contributed by atoms with Gasteiger partial charge in [-0.25, -0.2) is 0 Å². The van der Waals surface area contributed by atoms with Crippen LogP contribution >= 0.6 is 0 Å². The van der Waals surface area contributed by atoms with Crippen LogP contribution in [0.15, 0.2) is 18.5 Å². The van der Waals surface area contributed by atoms with Crippen LogP contribution in [0, 0.1) is 13.8 Å². The maximum Gasteiger partial charge on any atom is 0.244 e. The number of hydrogen-bond acceptors (Lipinski definition) is 4. The third-order valence-electron chi connectivity index (χ3n) is 3.13. The summed E-state index contributed by atoms with van der Waals surface area (Å²) in [4.78, 5) is 12.1. The summed E-state index contributed by atoms with van der Waals surface area (Å²) in [5.74, 6) is -0.0187. The van der Waals surface area contributed by atoms with Crippen molar-refractivity contribution in [1.82, 2.24) is 30.1 Å². The minimum absolute atomic E-state index is 0.0187. The van der Waals surface area contributed by atoms with Gasteiger partial charge in [0.2, 0.25) is 5.91 Å².